The van der Waals surface area contributed by atoms with E-state index in [4.69, 9.17) is 13.9 Å². The SMILES string of the molecule is COc1ccc(C2NC(=O)CCC2NC(=O)c2c(C)oc3c2CCCC3)c(OC)c1. The van der Waals surface area contributed by atoms with Gasteiger partial charge in [-0.25, -0.2) is 0 Å². The van der Waals surface area contributed by atoms with E-state index in [-0.39, 0.29) is 23.9 Å². The fourth-order valence-corrected chi connectivity index (χ4v) is 4.57. The van der Waals surface area contributed by atoms with Gasteiger partial charge in [0.1, 0.15) is 23.0 Å². The molecule has 4 rings (SSSR count). The van der Waals surface area contributed by atoms with E-state index in [2.05, 4.69) is 10.6 Å². The van der Waals surface area contributed by atoms with Crippen LogP contribution in [0.3, 0.4) is 0 Å². The first-order chi connectivity index (χ1) is 14.5. The van der Waals surface area contributed by atoms with Crippen molar-refractivity contribution in [1.29, 1.82) is 0 Å². The molecule has 2 atom stereocenters. The quantitative estimate of drug-likeness (QED) is 0.787. The number of aryl methyl sites for hydroxylation is 2. The highest BCUT2D eigenvalue weighted by Crippen LogP contribution is 2.35. The number of carbonyl (C=O) groups is 2. The number of amides is 2. The molecular formula is C23H28N2O5. The molecule has 7 heteroatoms. The molecule has 2 aromatic rings. The largest absolute Gasteiger partial charge is 0.497 e. The highest BCUT2D eigenvalue weighted by molar-refractivity contribution is 5.97. The second-order valence-corrected chi connectivity index (χ2v) is 7.91. The van der Waals surface area contributed by atoms with E-state index in [1.54, 1.807) is 20.3 Å². The van der Waals surface area contributed by atoms with Crippen LogP contribution < -0.4 is 20.1 Å². The van der Waals surface area contributed by atoms with Gasteiger partial charge in [-0.1, -0.05) is 0 Å². The molecule has 1 aromatic heterocycles. The second kappa shape index (κ2) is 8.42. The molecule has 1 aliphatic carbocycles. The van der Waals surface area contributed by atoms with Crippen molar-refractivity contribution >= 4 is 11.8 Å². The maximum atomic E-state index is 13.2. The zero-order chi connectivity index (χ0) is 21.3. The van der Waals surface area contributed by atoms with Crippen molar-refractivity contribution in [1.82, 2.24) is 10.6 Å². The lowest BCUT2D eigenvalue weighted by atomic mass is 9.90. The summed E-state index contributed by atoms with van der Waals surface area (Å²) in [5, 5.41) is 6.19. The number of benzene rings is 1. The summed E-state index contributed by atoms with van der Waals surface area (Å²) in [6, 6.07) is 4.84. The van der Waals surface area contributed by atoms with E-state index in [9.17, 15) is 9.59 Å². The summed E-state index contributed by atoms with van der Waals surface area (Å²) in [6.07, 6.45) is 4.83. The molecule has 1 fully saturated rings. The van der Waals surface area contributed by atoms with Crippen LogP contribution in [0.4, 0.5) is 0 Å². The minimum absolute atomic E-state index is 0.0414. The fraction of sp³-hybridized carbons (Fsp3) is 0.478. The summed E-state index contributed by atoms with van der Waals surface area (Å²) in [5.41, 5.74) is 2.50. The topological polar surface area (TPSA) is 89.8 Å². The number of carbonyl (C=O) groups excluding carboxylic acids is 2. The number of ether oxygens (including phenoxy) is 2. The predicted molar refractivity (Wildman–Crippen MR) is 111 cm³/mol. The Morgan fingerprint density at radius 3 is 2.73 bits per heavy atom. The first kappa shape index (κ1) is 20.3. The van der Waals surface area contributed by atoms with Gasteiger partial charge in [-0.05, 0) is 44.7 Å². The Morgan fingerprint density at radius 2 is 1.97 bits per heavy atom. The van der Waals surface area contributed by atoms with Gasteiger partial charge in [-0.15, -0.1) is 0 Å². The zero-order valence-corrected chi connectivity index (χ0v) is 17.7. The van der Waals surface area contributed by atoms with Gasteiger partial charge < -0.3 is 24.5 Å². The van der Waals surface area contributed by atoms with Gasteiger partial charge in [-0.2, -0.15) is 0 Å². The molecule has 7 nitrogen and oxygen atoms in total. The summed E-state index contributed by atoms with van der Waals surface area (Å²) in [5.74, 6) is 2.70. The van der Waals surface area contributed by atoms with Gasteiger partial charge in [0.2, 0.25) is 5.91 Å². The van der Waals surface area contributed by atoms with Gasteiger partial charge in [0, 0.05) is 30.0 Å². The third kappa shape index (κ3) is 3.76. The highest BCUT2D eigenvalue weighted by atomic mass is 16.5. The predicted octanol–water partition coefficient (Wildman–Crippen LogP) is 3.23. The van der Waals surface area contributed by atoms with E-state index in [0.29, 0.717) is 35.7 Å². The van der Waals surface area contributed by atoms with Crippen molar-refractivity contribution in [3.63, 3.8) is 0 Å². The van der Waals surface area contributed by atoms with Crippen molar-refractivity contribution in [2.45, 2.75) is 57.5 Å². The first-order valence-electron chi connectivity index (χ1n) is 10.4. The minimum Gasteiger partial charge on any atom is -0.497 e. The van der Waals surface area contributed by atoms with Gasteiger partial charge in [0.05, 0.1) is 31.9 Å². The van der Waals surface area contributed by atoms with Crippen LogP contribution in [-0.2, 0) is 17.6 Å². The average Bonchev–Trinajstić information content (AvgIpc) is 3.10. The summed E-state index contributed by atoms with van der Waals surface area (Å²) in [6.45, 7) is 1.85. The molecule has 1 saturated heterocycles. The van der Waals surface area contributed by atoms with E-state index in [1.807, 2.05) is 19.1 Å². The maximum Gasteiger partial charge on any atom is 0.255 e. The summed E-state index contributed by atoms with van der Waals surface area (Å²) >= 11 is 0. The molecule has 30 heavy (non-hydrogen) atoms. The Kier molecular flexibility index (Phi) is 5.70. The Balaban J connectivity index is 1.62. The molecule has 2 aliphatic rings. The van der Waals surface area contributed by atoms with Crippen LogP contribution in [-0.4, -0.2) is 32.1 Å². The molecule has 2 heterocycles. The van der Waals surface area contributed by atoms with E-state index < -0.39 is 0 Å². The van der Waals surface area contributed by atoms with Gasteiger partial charge in [0.15, 0.2) is 0 Å². The molecule has 2 N–H and O–H groups in total. The van der Waals surface area contributed by atoms with Crippen LogP contribution >= 0.6 is 0 Å². The van der Waals surface area contributed by atoms with E-state index in [0.717, 1.165) is 42.6 Å². The molecule has 2 amide bonds. The van der Waals surface area contributed by atoms with Crippen LogP contribution in [0.15, 0.2) is 22.6 Å². The second-order valence-electron chi connectivity index (χ2n) is 7.91. The number of methoxy groups -OCH3 is 2. The molecular weight excluding hydrogens is 384 g/mol. The van der Waals surface area contributed by atoms with Crippen LogP contribution in [0.25, 0.3) is 0 Å². The third-order valence-electron chi connectivity index (χ3n) is 6.07. The lowest BCUT2D eigenvalue weighted by Crippen LogP contribution is -2.50. The van der Waals surface area contributed by atoms with Gasteiger partial charge in [0.25, 0.3) is 5.91 Å². The summed E-state index contributed by atoms with van der Waals surface area (Å²) < 4.78 is 16.7. The van der Waals surface area contributed by atoms with Gasteiger partial charge in [-0.3, -0.25) is 9.59 Å². The number of piperidine rings is 1. The molecule has 1 aliphatic heterocycles. The Bertz CT molecular complexity index is 965. The number of fused-ring (bicyclic) bond motifs is 1. The number of hydrogen-bond acceptors (Lipinski definition) is 5. The van der Waals surface area contributed by atoms with Crippen molar-refractivity contribution in [2.75, 3.05) is 14.2 Å². The molecule has 1 aromatic carbocycles. The fourth-order valence-electron chi connectivity index (χ4n) is 4.57. The summed E-state index contributed by atoms with van der Waals surface area (Å²) in [7, 11) is 3.17. The Hall–Kier alpha value is -2.96. The van der Waals surface area contributed by atoms with Crippen molar-refractivity contribution in [2.24, 2.45) is 0 Å². The number of rotatable bonds is 5. The lowest BCUT2D eigenvalue weighted by Gasteiger charge is -2.34. The first-order valence-corrected chi connectivity index (χ1v) is 10.4. The Morgan fingerprint density at radius 1 is 1.17 bits per heavy atom. The third-order valence-corrected chi connectivity index (χ3v) is 6.07. The maximum absolute atomic E-state index is 13.2. The number of furan rings is 1. The van der Waals surface area contributed by atoms with E-state index in [1.165, 1.54) is 0 Å². The van der Waals surface area contributed by atoms with Crippen LogP contribution in [0.5, 0.6) is 11.5 Å². The normalized spacial score (nSPS) is 20.8. The minimum atomic E-state index is -0.390. The molecule has 0 radical (unpaired) electrons. The molecule has 2 unspecified atom stereocenters. The molecule has 160 valence electrons. The molecule has 0 saturated carbocycles. The lowest BCUT2D eigenvalue weighted by molar-refractivity contribution is -0.123. The highest BCUT2D eigenvalue weighted by Gasteiger charge is 2.35. The van der Waals surface area contributed by atoms with Crippen LogP contribution in [0.2, 0.25) is 0 Å². The van der Waals surface area contributed by atoms with Crippen molar-refractivity contribution in [3.8, 4) is 11.5 Å². The number of hydrogen-bond donors (Lipinski definition) is 2. The zero-order valence-electron chi connectivity index (χ0n) is 17.7. The van der Waals surface area contributed by atoms with Crippen molar-refractivity contribution in [3.05, 3.63) is 46.4 Å². The Labute approximate surface area is 176 Å². The van der Waals surface area contributed by atoms with Crippen molar-refractivity contribution < 1.29 is 23.5 Å². The summed E-state index contributed by atoms with van der Waals surface area (Å²) in [4.78, 5) is 25.4. The molecule has 0 bridgehead atoms. The van der Waals surface area contributed by atoms with E-state index >= 15 is 0 Å². The van der Waals surface area contributed by atoms with Crippen LogP contribution in [0, 0.1) is 6.92 Å². The number of nitrogens with one attached hydrogen (secondary N) is 2. The van der Waals surface area contributed by atoms with Gasteiger partial charge >= 0.3 is 0 Å². The smallest absolute Gasteiger partial charge is 0.255 e. The standard InChI is InChI=1S/C23H28N2O5/c1-13-21(15-6-4-5-7-18(15)30-13)23(27)24-17-10-11-20(26)25-22(17)16-9-8-14(28-2)12-19(16)29-3/h8-9,12,17,22H,4-7,10-11H2,1-3H3,(H,24,27)(H,25,26). The molecule has 0 spiro atoms. The average molecular weight is 412 g/mol. The van der Waals surface area contributed by atoms with Crippen LogP contribution in [0.1, 0.15) is 64.7 Å². The monoisotopic (exact) mass is 412 g/mol.